The van der Waals surface area contributed by atoms with Crippen molar-refractivity contribution in [1.82, 2.24) is 9.97 Å². The molecule has 0 saturated carbocycles. The van der Waals surface area contributed by atoms with Crippen LogP contribution in [-0.2, 0) is 0 Å². The Balaban J connectivity index is 1.81. The van der Waals surface area contributed by atoms with E-state index in [1.54, 1.807) is 6.20 Å². The van der Waals surface area contributed by atoms with Crippen LogP contribution in [0.3, 0.4) is 0 Å². The largest absolute Gasteiger partial charge is 0.368 e. The molecule has 3 rings (SSSR count). The summed E-state index contributed by atoms with van der Waals surface area (Å²) >= 11 is 5.22. The Kier molecular flexibility index (Phi) is 4.35. The van der Waals surface area contributed by atoms with Gasteiger partial charge in [-0.25, -0.2) is 4.98 Å². The summed E-state index contributed by atoms with van der Waals surface area (Å²) in [5.74, 6) is 1.01. The fourth-order valence-corrected chi connectivity index (χ4v) is 2.99. The van der Waals surface area contributed by atoms with Gasteiger partial charge in [-0.15, -0.1) is 0 Å². The van der Waals surface area contributed by atoms with Crippen molar-refractivity contribution in [3.63, 3.8) is 0 Å². The maximum Gasteiger partial charge on any atom is 0.128 e. The molecular weight excluding hydrogens is 294 g/mol. The van der Waals surface area contributed by atoms with Crippen molar-refractivity contribution < 1.29 is 0 Å². The van der Waals surface area contributed by atoms with E-state index < -0.39 is 0 Å². The predicted molar refractivity (Wildman–Crippen MR) is 89.6 cm³/mol. The Hall–Kier alpha value is -2.39. The summed E-state index contributed by atoms with van der Waals surface area (Å²) in [6.45, 7) is 3.61. The molecule has 0 unspecified atom stereocenters. The number of hydrogen-bond donors (Lipinski definition) is 1. The van der Waals surface area contributed by atoms with Crippen molar-refractivity contribution in [2.24, 2.45) is 0 Å². The first-order chi connectivity index (χ1) is 10.8. The normalized spacial score (nSPS) is 15.2. The van der Waals surface area contributed by atoms with Crippen LogP contribution < -0.4 is 9.80 Å². The number of pyridine rings is 2. The quantitative estimate of drug-likeness (QED) is 0.864. The van der Waals surface area contributed by atoms with Gasteiger partial charge in [-0.3, -0.25) is 0 Å². The van der Waals surface area contributed by atoms with Crippen LogP contribution in [-0.4, -0.2) is 36.1 Å². The minimum Gasteiger partial charge on any atom is -0.368 e. The molecule has 5 nitrogen and oxygen atoms in total. The molecule has 2 aromatic rings. The molecule has 0 bridgehead atoms. The molecule has 1 aliphatic heterocycles. The number of hydrogen-bond acceptors (Lipinski definition) is 5. The highest BCUT2D eigenvalue weighted by Gasteiger charge is 2.18. The average Bonchev–Trinajstić information content (AvgIpc) is 2.81. The second kappa shape index (κ2) is 6.58. The van der Waals surface area contributed by atoms with Gasteiger partial charge in [0.1, 0.15) is 22.1 Å². The van der Waals surface area contributed by atoms with Crippen LogP contribution >= 0.6 is 12.2 Å². The van der Waals surface area contributed by atoms with Gasteiger partial charge < -0.3 is 14.8 Å². The number of anilines is 2. The van der Waals surface area contributed by atoms with Crippen LogP contribution in [0.1, 0.15) is 12.0 Å². The molecule has 0 aromatic carbocycles. The van der Waals surface area contributed by atoms with E-state index in [0.29, 0.717) is 10.2 Å². The van der Waals surface area contributed by atoms with E-state index in [1.165, 1.54) is 0 Å². The summed E-state index contributed by atoms with van der Waals surface area (Å²) < 4.78 is 0.505. The first-order valence-electron chi connectivity index (χ1n) is 7.32. The van der Waals surface area contributed by atoms with Crippen LogP contribution in [0.4, 0.5) is 11.5 Å². The van der Waals surface area contributed by atoms with Gasteiger partial charge in [-0.1, -0.05) is 18.3 Å². The lowest BCUT2D eigenvalue weighted by molar-refractivity contribution is 0.797. The van der Waals surface area contributed by atoms with E-state index in [1.807, 2.05) is 30.5 Å². The zero-order chi connectivity index (χ0) is 15.4. The van der Waals surface area contributed by atoms with Crippen molar-refractivity contribution in [3.05, 3.63) is 46.9 Å². The van der Waals surface area contributed by atoms with Crippen molar-refractivity contribution in [2.45, 2.75) is 6.42 Å². The van der Waals surface area contributed by atoms with E-state index in [-0.39, 0.29) is 0 Å². The van der Waals surface area contributed by atoms with Crippen molar-refractivity contribution in [2.75, 3.05) is 36.0 Å². The standard InChI is InChI=1S/C16H17N5S/c17-12-13-14(5-7-19-16(13)22)20-8-3-9-21(11-10-20)15-4-1-2-6-18-15/h1-2,4-7H,3,8-11H2,(H,19,22). The van der Waals surface area contributed by atoms with Gasteiger partial charge in [0.05, 0.1) is 5.69 Å². The molecule has 1 aliphatic rings. The van der Waals surface area contributed by atoms with Gasteiger partial charge in [0.2, 0.25) is 0 Å². The van der Waals surface area contributed by atoms with E-state index in [9.17, 15) is 5.26 Å². The Bertz CT molecular complexity index is 734. The van der Waals surface area contributed by atoms with E-state index in [2.05, 4.69) is 25.8 Å². The lowest BCUT2D eigenvalue weighted by Crippen LogP contribution is -2.31. The molecule has 6 heteroatoms. The first-order valence-corrected chi connectivity index (χ1v) is 7.73. The third-order valence-electron chi connectivity index (χ3n) is 3.86. The Morgan fingerprint density at radius 3 is 2.73 bits per heavy atom. The maximum absolute atomic E-state index is 9.35. The molecule has 0 radical (unpaired) electrons. The summed E-state index contributed by atoms with van der Waals surface area (Å²) in [6.07, 6.45) is 4.65. The topological polar surface area (TPSA) is 59.0 Å². The average molecular weight is 311 g/mol. The van der Waals surface area contributed by atoms with E-state index in [0.717, 1.165) is 44.1 Å². The molecule has 0 aliphatic carbocycles. The number of nitriles is 1. The second-order valence-electron chi connectivity index (χ2n) is 5.19. The Morgan fingerprint density at radius 1 is 1.14 bits per heavy atom. The second-order valence-corrected chi connectivity index (χ2v) is 5.60. The smallest absolute Gasteiger partial charge is 0.128 e. The van der Waals surface area contributed by atoms with E-state index >= 15 is 0 Å². The molecule has 1 N–H and O–H groups in total. The summed E-state index contributed by atoms with van der Waals surface area (Å²) in [7, 11) is 0. The van der Waals surface area contributed by atoms with Crippen molar-refractivity contribution in [3.8, 4) is 6.07 Å². The number of rotatable bonds is 2. The van der Waals surface area contributed by atoms with Crippen LogP contribution in [0.25, 0.3) is 0 Å². The lowest BCUT2D eigenvalue weighted by atomic mass is 10.2. The summed E-state index contributed by atoms with van der Waals surface area (Å²) in [5, 5.41) is 9.35. The monoisotopic (exact) mass is 311 g/mol. The molecule has 0 spiro atoms. The van der Waals surface area contributed by atoms with Crippen LogP contribution in [0.15, 0.2) is 36.7 Å². The molecule has 1 saturated heterocycles. The molecule has 22 heavy (non-hydrogen) atoms. The summed E-state index contributed by atoms with van der Waals surface area (Å²) in [4.78, 5) is 11.9. The third-order valence-corrected chi connectivity index (χ3v) is 4.18. The van der Waals surface area contributed by atoms with Crippen LogP contribution in [0.5, 0.6) is 0 Å². The molecule has 3 heterocycles. The summed E-state index contributed by atoms with van der Waals surface area (Å²) in [5.41, 5.74) is 1.48. The van der Waals surface area contributed by atoms with Crippen molar-refractivity contribution in [1.29, 1.82) is 5.26 Å². The molecule has 2 aromatic heterocycles. The SMILES string of the molecule is N#Cc1c(N2CCCN(c3ccccn3)CC2)cc[nH]c1=S. The maximum atomic E-state index is 9.35. The molecule has 1 fully saturated rings. The van der Waals surface area contributed by atoms with Gasteiger partial charge in [0.15, 0.2) is 0 Å². The highest BCUT2D eigenvalue weighted by molar-refractivity contribution is 7.71. The van der Waals surface area contributed by atoms with Gasteiger partial charge in [0.25, 0.3) is 0 Å². The minimum atomic E-state index is 0.505. The number of aromatic amines is 1. The number of nitrogens with one attached hydrogen (secondary N) is 1. The zero-order valence-corrected chi connectivity index (χ0v) is 13.0. The number of aromatic nitrogens is 2. The number of nitrogens with zero attached hydrogens (tertiary/aromatic N) is 4. The van der Waals surface area contributed by atoms with Gasteiger partial charge in [0, 0.05) is 38.6 Å². The Labute approximate surface area is 134 Å². The molecular formula is C16H17N5S. The summed E-state index contributed by atoms with van der Waals surface area (Å²) in [6, 6.07) is 10.1. The van der Waals surface area contributed by atoms with Gasteiger partial charge in [-0.05, 0) is 24.6 Å². The van der Waals surface area contributed by atoms with E-state index in [4.69, 9.17) is 12.2 Å². The fraction of sp³-hybridized carbons (Fsp3) is 0.312. The Morgan fingerprint density at radius 2 is 1.95 bits per heavy atom. The molecule has 112 valence electrons. The van der Waals surface area contributed by atoms with Gasteiger partial charge >= 0.3 is 0 Å². The minimum absolute atomic E-state index is 0.505. The zero-order valence-electron chi connectivity index (χ0n) is 12.2. The van der Waals surface area contributed by atoms with Gasteiger partial charge in [-0.2, -0.15) is 5.26 Å². The molecule has 0 atom stereocenters. The molecule has 0 amide bonds. The fourth-order valence-electron chi connectivity index (χ4n) is 2.77. The highest BCUT2D eigenvalue weighted by Crippen LogP contribution is 2.22. The predicted octanol–water partition coefficient (Wildman–Crippen LogP) is 2.73. The van der Waals surface area contributed by atoms with Crippen LogP contribution in [0.2, 0.25) is 0 Å². The van der Waals surface area contributed by atoms with Crippen molar-refractivity contribution >= 4 is 23.7 Å². The number of H-pyrrole nitrogens is 1. The third kappa shape index (κ3) is 2.95. The van der Waals surface area contributed by atoms with Crippen LogP contribution in [0, 0.1) is 16.0 Å². The lowest BCUT2D eigenvalue weighted by Gasteiger charge is -2.24. The highest BCUT2D eigenvalue weighted by atomic mass is 32.1. The first kappa shape index (κ1) is 14.5.